The zero-order chi connectivity index (χ0) is 23.5. The van der Waals surface area contributed by atoms with Gasteiger partial charge in [0.2, 0.25) is 0 Å². The summed E-state index contributed by atoms with van der Waals surface area (Å²) in [7, 11) is 0. The highest BCUT2D eigenvalue weighted by molar-refractivity contribution is 7.18. The van der Waals surface area contributed by atoms with E-state index in [1.54, 1.807) is 24.3 Å². The number of rotatable bonds is 8. The molecule has 0 aliphatic carbocycles. The van der Waals surface area contributed by atoms with E-state index in [2.05, 4.69) is 5.32 Å². The quantitative estimate of drug-likeness (QED) is 0.370. The van der Waals surface area contributed by atoms with Crippen molar-refractivity contribution in [3.8, 4) is 16.2 Å². The number of nitrogens with one attached hydrogen (secondary N) is 1. The summed E-state index contributed by atoms with van der Waals surface area (Å²) in [5.41, 5.74) is 0.295. The minimum absolute atomic E-state index is 0.0618. The Labute approximate surface area is 188 Å². The molecule has 3 rings (SSSR count). The maximum atomic E-state index is 13.2. The monoisotopic (exact) mass is 485 g/mol. The van der Waals surface area contributed by atoms with Gasteiger partial charge in [-0.1, -0.05) is 41.9 Å². The molecule has 0 spiro atoms. The van der Waals surface area contributed by atoms with E-state index in [1.807, 2.05) is 0 Å². The van der Waals surface area contributed by atoms with Crippen LogP contribution in [0.5, 0.6) is 5.75 Å². The van der Waals surface area contributed by atoms with E-state index in [1.165, 1.54) is 18.2 Å². The van der Waals surface area contributed by atoms with Crippen molar-refractivity contribution in [1.29, 1.82) is 0 Å². The molecular weight excluding hydrogens is 471 g/mol. The van der Waals surface area contributed by atoms with Gasteiger partial charge in [0.15, 0.2) is 17.2 Å². The summed E-state index contributed by atoms with van der Waals surface area (Å²) >= 11 is 7.07. The van der Waals surface area contributed by atoms with Crippen LogP contribution in [-0.2, 0) is 17.5 Å². The van der Waals surface area contributed by atoms with Gasteiger partial charge in [-0.2, -0.15) is 13.2 Å². The molecule has 0 aliphatic heterocycles. The van der Waals surface area contributed by atoms with Crippen molar-refractivity contribution in [2.75, 3.05) is 11.9 Å². The van der Waals surface area contributed by atoms with Crippen molar-refractivity contribution in [3.63, 3.8) is 0 Å². The fourth-order valence-corrected chi connectivity index (χ4v) is 4.31. The average molecular weight is 486 g/mol. The molecule has 0 saturated heterocycles. The van der Waals surface area contributed by atoms with Gasteiger partial charge in [-0.25, -0.2) is 9.59 Å². The van der Waals surface area contributed by atoms with E-state index < -0.39 is 30.3 Å². The highest BCUT2D eigenvalue weighted by atomic mass is 35.5. The van der Waals surface area contributed by atoms with Crippen LogP contribution in [-0.4, -0.2) is 28.8 Å². The Kier molecular flexibility index (Phi) is 6.95. The van der Waals surface area contributed by atoms with Crippen LogP contribution < -0.4 is 10.1 Å². The first-order chi connectivity index (χ1) is 15.1. The molecule has 0 unspecified atom stereocenters. The van der Waals surface area contributed by atoms with E-state index in [0.717, 1.165) is 17.4 Å². The van der Waals surface area contributed by atoms with E-state index in [-0.39, 0.29) is 27.8 Å². The summed E-state index contributed by atoms with van der Waals surface area (Å²) in [6, 6.07) is 11.7. The average Bonchev–Trinajstić information content (AvgIpc) is 3.07. The fourth-order valence-electron chi connectivity index (χ4n) is 2.90. The second kappa shape index (κ2) is 9.49. The van der Waals surface area contributed by atoms with Crippen molar-refractivity contribution in [1.82, 2.24) is 0 Å². The zero-order valence-electron chi connectivity index (χ0n) is 16.1. The lowest BCUT2D eigenvalue weighted by Gasteiger charge is -2.14. The molecule has 168 valence electrons. The molecule has 0 amide bonds. The number of ether oxygens (including phenoxy) is 1. The number of aliphatic carboxylic acids is 1. The highest BCUT2D eigenvalue weighted by Gasteiger charge is 2.32. The number of carbonyl (C=O) groups is 2. The van der Waals surface area contributed by atoms with Crippen LogP contribution in [0.3, 0.4) is 0 Å². The Morgan fingerprint density at radius 2 is 1.81 bits per heavy atom. The lowest BCUT2D eigenvalue weighted by molar-refractivity contribution is -0.139. The van der Waals surface area contributed by atoms with Gasteiger partial charge in [0, 0.05) is 12.2 Å². The third-order valence-corrected chi connectivity index (χ3v) is 5.95. The number of hydrogen-bond donors (Lipinski definition) is 3. The molecule has 3 aromatic rings. The van der Waals surface area contributed by atoms with Gasteiger partial charge < -0.3 is 20.3 Å². The number of anilines is 1. The normalized spacial score (nSPS) is 11.2. The minimum Gasteiger partial charge on any atom is -0.479 e. The first-order valence-corrected chi connectivity index (χ1v) is 10.2. The van der Waals surface area contributed by atoms with Crippen LogP contribution in [0.25, 0.3) is 10.4 Å². The SMILES string of the molecule is O=C(O)COc1c(C(=O)O)sc(-c2cccc(NCc3ccccc3C(F)(F)F)c2)c1Cl. The predicted molar refractivity (Wildman–Crippen MR) is 114 cm³/mol. The largest absolute Gasteiger partial charge is 0.479 e. The molecular formula is C21H15ClF3NO5S. The Bertz CT molecular complexity index is 1160. The lowest BCUT2D eigenvalue weighted by atomic mass is 10.1. The van der Waals surface area contributed by atoms with Crippen LogP contribution in [0.2, 0.25) is 5.02 Å². The molecule has 0 atom stereocenters. The van der Waals surface area contributed by atoms with E-state index in [9.17, 15) is 27.9 Å². The number of halogens is 4. The number of thiophene rings is 1. The first kappa shape index (κ1) is 23.4. The Balaban J connectivity index is 1.88. The molecule has 32 heavy (non-hydrogen) atoms. The maximum absolute atomic E-state index is 13.2. The fraction of sp³-hybridized carbons (Fsp3) is 0.143. The molecule has 0 aliphatic rings. The molecule has 0 bridgehead atoms. The van der Waals surface area contributed by atoms with E-state index >= 15 is 0 Å². The van der Waals surface area contributed by atoms with Gasteiger partial charge in [-0.05, 0) is 29.3 Å². The summed E-state index contributed by atoms with van der Waals surface area (Å²) in [4.78, 5) is 22.4. The number of alkyl halides is 3. The van der Waals surface area contributed by atoms with Gasteiger partial charge in [0.25, 0.3) is 0 Å². The van der Waals surface area contributed by atoms with Crippen LogP contribution >= 0.6 is 22.9 Å². The molecule has 0 radical (unpaired) electrons. The number of benzene rings is 2. The molecule has 1 aromatic heterocycles. The molecule has 2 aromatic carbocycles. The van der Waals surface area contributed by atoms with Gasteiger partial charge in [-0.15, -0.1) is 11.3 Å². The van der Waals surface area contributed by atoms with Gasteiger partial charge in [0.05, 0.1) is 10.4 Å². The molecule has 0 saturated carbocycles. The third-order valence-electron chi connectivity index (χ3n) is 4.27. The van der Waals surface area contributed by atoms with Gasteiger partial charge in [0.1, 0.15) is 5.02 Å². The lowest BCUT2D eigenvalue weighted by Crippen LogP contribution is -2.11. The van der Waals surface area contributed by atoms with Crippen LogP contribution in [0.4, 0.5) is 18.9 Å². The maximum Gasteiger partial charge on any atom is 0.416 e. The predicted octanol–water partition coefficient (Wildman–Crippen LogP) is 5.86. The summed E-state index contributed by atoms with van der Waals surface area (Å²) in [6.45, 7) is -0.860. The Morgan fingerprint density at radius 1 is 1.09 bits per heavy atom. The van der Waals surface area contributed by atoms with Crippen LogP contribution in [0.1, 0.15) is 20.8 Å². The van der Waals surface area contributed by atoms with Crippen molar-refractivity contribution in [2.45, 2.75) is 12.7 Å². The Morgan fingerprint density at radius 3 is 2.47 bits per heavy atom. The van der Waals surface area contributed by atoms with Crippen molar-refractivity contribution in [3.05, 3.63) is 69.6 Å². The minimum atomic E-state index is -4.48. The molecule has 6 nitrogen and oxygen atoms in total. The standard InChI is InChI=1S/C21H15ClF3NO5S/c22-16-17(31-10-15(27)28)19(20(29)30)32-18(16)11-5-3-6-13(8-11)26-9-12-4-1-2-7-14(12)21(23,24)25/h1-8,26H,9-10H2,(H,27,28)(H,29,30). The topological polar surface area (TPSA) is 95.9 Å². The summed E-state index contributed by atoms with van der Waals surface area (Å²) < 4.78 is 44.6. The second-order valence-corrected chi connectivity index (χ2v) is 7.88. The first-order valence-electron chi connectivity index (χ1n) is 8.97. The van der Waals surface area contributed by atoms with Crippen molar-refractivity contribution >= 4 is 40.6 Å². The third kappa shape index (κ3) is 5.32. The summed E-state index contributed by atoms with van der Waals surface area (Å²) in [6.07, 6.45) is -4.48. The van der Waals surface area contributed by atoms with E-state index in [4.69, 9.17) is 21.4 Å². The second-order valence-electron chi connectivity index (χ2n) is 6.48. The molecule has 3 N–H and O–H groups in total. The van der Waals surface area contributed by atoms with Crippen molar-refractivity contribution in [2.24, 2.45) is 0 Å². The molecule has 11 heteroatoms. The highest BCUT2D eigenvalue weighted by Crippen LogP contribution is 2.46. The number of carboxylic acid groups (broad SMARTS) is 2. The van der Waals surface area contributed by atoms with Gasteiger partial charge >= 0.3 is 18.1 Å². The van der Waals surface area contributed by atoms with Gasteiger partial charge in [-0.3, -0.25) is 0 Å². The molecule has 0 fully saturated rings. The number of hydrogen-bond acceptors (Lipinski definition) is 5. The number of carboxylic acids is 2. The molecule has 1 heterocycles. The van der Waals surface area contributed by atoms with Crippen LogP contribution in [0.15, 0.2) is 48.5 Å². The summed E-state index contributed by atoms with van der Waals surface area (Å²) in [5.74, 6) is -2.88. The van der Waals surface area contributed by atoms with E-state index in [0.29, 0.717) is 16.1 Å². The van der Waals surface area contributed by atoms with Crippen LogP contribution in [0, 0.1) is 0 Å². The summed E-state index contributed by atoms with van der Waals surface area (Å²) in [5, 5.41) is 21.0. The zero-order valence-corrected chi connectivity index (χ0v) is 17.6. The number of aromatic carboxylic acids is 1. The Hall–Kier alpha value is -3.24. The smallest absolute Gasteiger partial charge is 0.416 e. The van der Waals surface area contributed by atoms with Crippen molar-refractivity contribution < 1.29 is 37.7 Å².